The number of rotatable bonds is 4. The molecule has 7 heteroatoms. The third-order valence-electron chi connectivity index (χ3n) is 5.02. The molecule has 4 rings (SSSR count). The summed E-state index contributed by atoms with van der Waals surface area (Å²) in [4.78, 5) is 25.4. The normalized spacial score (nSPS) is 19.1. The van der Waals surface area contributed by atoms with E-state index in [-0.39, 0.29) is 23.8 Å². The summed E-state index contributed by atoms with van der Waals surface area (Å²) in [6.45, 7) is 1.90. The van der Waals surface area contributed by atoms with Crippen LogP contribution in [0.15, 0.2) is 68.1 Å². The van der Waals surface area contributed by atoms with Crippen molar-refractivity contribution in [2.75, 3.05) is 6.61 Å². The first-order chi connectivity index (χ1) is 14.0. The van der Waals surface area contributed by atoms with Crippen molar-refractivity contribution in [3.05, 3.63) is 69.4 Å². The zero-order valence-electron chi connectivity index (χ0n) is 15.9. The Morgan fingerprint density at radius 1 is 1.21 bits per heavy atom. The maximum atomic E-state index is 12.8. The first kappa shape index (κ1) is 19.5. The first-order valence-corrected chi connectivity index (χ1v) is 10.3. The minimum Gasteiger partial charge on any atom is -0.462 e. The van der Waals surface area contributed by atoms with Crippen molar-refractivity contribution < 1.29 is 23.5 Å². The van der Waals surface area contributed by atoms with Crippen LogP contribution in [0.25, 0.3) is 11.3 Å². The molecule has 1 unspecified atom stereocenters. The number of ether oxygens (including phenoxy) is 2. The van der Waals surface area contributed by atoms with Crippen LogP contribution in [0.1, 0.15) is 37.9 Å². The quantitative estimate of drug-likeness (QED) is 0.676. The van der Waals surface area contributed by atoms with Gasteiger partial charge in [-0.05, 0) is 37.6 Å². The predicted octanol–water partition coefficient (Wildman–Crippen LogP) is 4.56. The fraction of sp³-hybridized carbons (Fsp3) is 0.273. The molecule has 0 amide bonds. The van der Waals surface area contributed by atoms with Gasteiger partial charge in [-0.2, -0.15) is 0 Å². The molecule has 2 N–H and O–H groups in total. The maximum Gasteiger partial charge on any atom is 0.340 e. The van der Waals surface area contributed by atoms with Crippen LogP contribution in [0, 0.1) is 0 Å². The van der Waals surface area contributed by atoms with Crippen molar-refractivity contribution >= 4 is 27.7 Å². The second-order valence-corrected chi connectivity index (χ2v) is 7.77. The lowest BCUT2D eigenvalue weighted by Crippen LogP contribution is -2.31. The number of carbonyl (C=O) groups is 2. The third kappa shape index (κ3) is 3.62. The predicted molar refractivity (Wildman–Crippen MR) is 109 cm³/mol. The first-order valence-electron chi connectivity index (χ1n) is 9.46. The van der Waals surface area contributed by atoms with Gasteiger partial charge in [0.05, 0.1) is 12.5 Å². The molecule has 1 aromatic heterocycles. The highest BCUT2D eigenvalue weighted by atomic mass is 79.9. The van der Waals surface area contributed by atoms with Gasteiger partial charge in [-0.15, -0.1) is 0 Å². The Morgan fingerprint density at radius 3 is 2.69 bits per heavy atom. The maximum absolute atomic E-state index is 12.8. The summed E-state index contributed by atoms with van der Waals surface area (Å²) in [7, 11) is 0. The Balaban J connectivity index is 1.81. The van der Waals surface area contributed by atoms with E-state index in [4.69, 9.17) is 19.6 Å². The second-order valence-electron chi connectivity index (χ2n) is 6.86. The summed E-state index contributed by atoms with van der Waals surface area (Å²) in [5, 5.41) is 0. The number of hydrogen-bond donors (Lipinski definition) is 1. The molecule has 1 aromatic carbocycles. The second kappa shape index (κ2) is 7.91. The Morgan fingerprint density at radius 2 is 1.97 bits per heavy atom. The highest BCUT2D eigenvalue weighted by molar-refractivity contribution is 9.10. The molecule has 1 aliphatic carbocycles. The molecule has 0 saturated carbocycles. The number of halogens is 1. The number of carbonyl (C=O) groups excluding carboxylic acids is 2. The molecule has 2 aromatic rings. The molecule has 1 atom stereocenters. The van der Waals surface area contributed by atoms with Crippen LogP contribution in [-0.4, -0.2) is 18.4 Å². The van der Waals surface area contributed by atoms with Crippen LogP contribution in [0.3, 0.4) is 0 Å². The number of hydrogen-bond acceptors (Lipinski definition) is 6. The molecule has 1 aliphatic heterocycles. The molecule has 0 spiro atoms. The summed E-state index contributed by atoms with van der Waals surface area (Å²) in [5.74, 6) is 0.150. The number of benzene rings is 1. The van der Waals surface area contributed by atoms with Crippen molar-refractivity contribution in [1.82, 2.24) is 0 Å². The van der Waals surface area contributed by atoms with E-state index < -0.39 is 11.9 Å². The van der Waals surface area contributed by atoms with Crippen LogP contribution in [-0.2, 0) is 19.1 Å². The lowest BCUT2D eigenvalue weighted by atomic mass is 9.79. The van der Waals surface area contributed by atoms with Gasteiger partial charge in [-0.1, -0.05) is 28.1 Å². The Hall–Kier alpha value is -2.80. The number of nitrogens with two attached hydrogens (primary N) is 1. The van der Waals surface area contributed by atoms with Gasteiger partial charge in [0, 0.05) is 28.5 Å². The highest BCUT2D eigenvalue weighted by Gasteiger charge is 2.42. The van der Waals surface area contributed by atoms with Crippen molar-refractivity contribution in [2.24, 2.45) is 5.73 Å². The van der Waals surface area contributed by atoms with Crippen LogP contribution in [0.4, 0.5) is 0 Å². The van der Waals surface area contributed by atoms with E-state index >= 15 is 0 Å². The number of furan rings is 1. The minimum absolute atomic E-state index is 0.0384. The Bertz CT molecular complexity index is 1030. The molecule has 150 valence electrons. The van der Waals surface area contributed by atoms with E-state index in [2.05, 4.69) is 15.9 Å². The Kier molecular flexibility index (Phi) is 5.32. The van der Waals surface area contributed by atoms with E-state index in [1.807, 2.05) is 30.3 Å². The number of esters is 1. The minimum atomic E-state index is -0.741. The van der Waals surface area contributed by atoms with Gasteiger partial charge in [0.25, 0.3) is 0 Å². The van der Waals surface area contributed by atoms with Crippen molar-refractivity contribution in [2.45, 2.75) is 32.1 Å². The number of allylic oxidation sites excluding steroid dienone is 2. The molecule has 0 saturated heterocycles. The van der Waals surface area contributed by atoms with E-state index in [0.29, 0.717) is 42.1 Å². The summed E-state index contributed by atoms with van der Waals surface area (Å²) >= 11 is 3.42. The van der Waals surface area contributed by atoms with E-state index in [1.54, 1.807) is 13.0 Å². The van der Waals surface area contributed by atoms with E-state index in [9.17, 15) is 9.59 Å². The fourth-order valence-electron chi connectivity index (χ4n) is 3.73. The average molecular weight is 458 g/mol. The molecule has 0 fully saturated rings. The van der Waals surface area contributed by atoms with Crippen LogP contribution in [0.2, 0.25) is 0 Å². The van der Waals surface area contributed by atoms with Gasteiger partial charge in [0.1, 0.15) is 22.9 Å². The lowest BCUT2D eigenvalue weighted by molar-refractivity contribution is -0.139. The molecule has 2 aliphatic rings. The van der Waals surface area contributed by atoms with E-state index in [1.165, 1.54) is 0 Å². The summed E-state index contributed by atoms with van der Waals surface area (Å²) < 4.78 is 17.9. The topological polar surface area (TPSA) is 91.8 Å². The van der Waals surface area contributed by atoms with Gasteiger partial charge in [0.2, 0.25) is 5.88 Å². The van der Waals surface area contributed by atoms with Crippen molar-refractivity contribution in [3.63, 3.8) is 0 Å². The zero-order chi connectivity index (χ0) is 20.5. The molecule has 6 nitrogen and oxygen atoms in total. The molecular weight excluding hydrogens is 438 g/mol. The van der Waals surface area contributed by atoms with Gasteiger partial charge in [0.15, 0.2) is 5.78 Å². The van der Waals surface area contributed by atoms with Crippen LogP contribution in [0.5, 0.6) is 0 Å². The van der Waals surface area contributed by atoms with E-state index in [0.717, 1.165) is 10.0 Å². The largest absolute Gasteiger partial charge is 0.462 e. The monoisotopic (exact) mass is 457 g/mol. The molecule has 0 radical (unpaired) electrons. The SMILES string of the molecule is CCOC(=O)C1=C(N)OC2=C(C(=O)CCC2)C1c1ccc(-c2ccc(Br)cc2)o1. The zero-order valence-corrected chi connectivity index (χ0v) is 17.5. The van der Waals surface area contributed by atoms with Gasteiger partial charge >= 0.3 is 5.97 Å². The standard InChI is InChI=1S/C22H20BrNO5/c1-2-27-22(26)20-19(18-14(25)4-3-5-16(18)29-21(20)24)17-11-10-15(28-17)12-6-8-13(23)9-7-12/h6-11,19H,2-5,24H2,1H3. The molecule has 29 heavy (non-hydrogen) atoms. The highest BCUT2D eigenvalue weighted by Crippen LogP contribution is 2.45. The number of ketones is 1. The summed E-state index contributed by atoms with van der Waals surface area (Å²) in [6.07, 6.45) is 1.68. The summed E-state index contributed by atoms with van der Waals surface area (Å²) in [5.41, 5.74) is 7.51. The smallest absolute Gasteiger partial charge is 0.340 e. The van der Waals surface area contributed by atoms with Gasteiger partial charge in [-0.3, -0.25) is 4.79 Å². The lowest BCUT2D eigenvalue weighted by Gasteiger charge is -2.31. The van der Waals surface area contributed by atoms with Gasteiger partial charge < -0.3 is 19.6 Å². The van der Waals surface area contributed by atoms with Crippen molar-refractivity contribution in [3.8, 4) is 11.3 Å². The third-order valence-corrected chi connectivity index (χ3v) is 5.55. The number of Topliss-reactive ketones (excluding diaryl/α,β-unsaturated/α-hetero) is 1. The van der Waals surface area contributed by atoms with Crippen LogP contribution < -0.4 is 5.73 Å². The summed E-state index contributed by atoms with van der Waals surface area (Å²) in [6, 6.07) is 11.3. The fourth-order valence-corrected chi connectivity index (χ4v) is 3.99. The molecule has 2 heterocycles. The average Bonchev–Trinajstić information content (AvgIpc) is 3.17. The van der Waals surface area contributed by atoms with Crippen LogP contribution >= 0.6 is 15.9 Å². The Labute approximate surface area is 176 Å². The molecular formula is C22H20BrNO5. The van der Waals surface area contributed by atoms with Gasteiger partial charge in [-0.25, -0.2) is 4.79 Å². The van der Waals surface area contributed by atoms with Crippen molar-refractivity contribution in [1.29, 1.82) is 0 Å². The molecule has 0 bridgehead atoms.